The molecule has 0 unspecified atom stereocenters. The molecule has 1 aliphatic carbocycles. The van der Waals surface area contributed by atoms with Crippen molar-refractivity contribution < 1.29 is 4.42 Å². The second-order valence-electron chi connectivity index (χ2n) is 8.87. The van der Waals surface area contributed by atoms with Crippen LogP contribution in [0.1, 0.15) is 64.9 Å². The lowest BCUT2D eigenvalue weighted by atomic mass is 9.91. The quantitative estimate of drug-likeness (QED) is 0.205. The van der Waals surface area contributed by atoms with Crippen LogP contribution in [-0.4, -0.2) is 0 Å². The minimum atomic E-state index is 0.980. The van der Waals surface area contributed by atoms with Crippen LogP contribution >= 0.6 is 0 Å². The lowest BCUT2D eigenvalue weighted by Crippen LogP contribution is -1.89. The van der Waals surface area contributed by atoms with Crippen LogP contribution in [0.25, 0.3) is 60.5 Å². The normalized spacial score (nSPS) is 11.8. The van der Waals surface area contributed by atoms with Gasteiger partial charge in [-0.25, -0.2) is 0 Å². The van der Waals surface area contributed by atoms with Crippen LogP contribution in [0.5, 0.6) is 0 Å². The number of fused-ring (bicyclic) bond motifs is 9. The Morgan fingerprint density at radius 2 is 1.16 bits per heavy atom. The standard InChI is InChI=1S/C31H22O.3C2H6/c1-19-14-16-21(31-30(19)27-12-6-7-13-29(27)32-31)20-15-17-26-24-10-3-2-8-22(24)23-9-4-5-11-25(23)28(26)18-20;3*1-2/h2-6,8-12,14-18H,7,13H2,1H3;3*1-2H3. The molecule has 0 spiro atoms. The van der Waals surface area contributed by atoms with Crippen molar-refractivity contribution in [3.8, 4) is 11.1 Å². The molecule has 194 valence electrons. The number of furan rings is 1. The summed E-state index contributed by atoms with van der Waals surface area (Å²) in [6.07, 6.45) is 6.53. The molecule has 7 rings (SSSR count). The van der Waals surface area contributed by atoms with Crippen molar-refractivity contribution in [1.82, 2.24) is 0 Å². The van der Waals surface area contributed by atoms with Crippen LogP contribution < -0.4 is 0 Å². The van der Waals surface area contributed by atoms with E-state index in [0.29, 0.717) is 0 Å². The van der Waals surface area contributed by atoms with Crippen molar-refractivity contribution in [1.29, 1.82) is 0 Å². The third-order valence-electron chi connectivity index (χ3n) is 7.04. The highest BCUT2D eigenvalue weighted by atomic mass is 16.3. The van der Waals surface area contributed by atoms with Gasteiger partial charge in [-0.1, -0.05) is 126 Å². The molecule has 0 fully saturated rings. The molecule has 0 saturated heterocycles. The fourth-order valence-electron chi connectivity index (χ4n) is 5.52. The van der Waals surface area contributed by atoms with E-state index in [0.717, 1.165) is 24.2 Å². The molecular formula is C37H40O. The lowest BCUT2D eigenvalue weighted by molar-refractivity contribution is 0.547. The van der Waals surface area contributed by atoms with Crippen LogP contribution in [0.15, 0.2) is 89.4 Å². The number of aryl methyl sites for hydroxylation is 2. The molecule has 1 nitrogen and oxygen atoms in total. The molecule has 1 heteroatoms. The van der Waals surface area contributed by atoms with E-state index >= 15 is 0 Å². The molecule has 38 heavy (non-hydrogen) atoms. The Morgan fingerprint density at radius 3 is 1.76 bits per heavy atom. The minimum absolute atomic E-state index is 0.980. The topological polar surface area (TPSA) is 13.1 Å². The van der Waals surface area contributed by atoms with Crippen molar-refractivity contribution in [3.05, 3.63) is 102 Å². The summed E-state index contributed by atoms with van der Waals surface area (Å²) in [5.41, 5.74) is 5.94. The summed E-state index contributed by atoms with van der Waals surface area (Å²) in [5.74, 6) is 1.12. The highest BCUT2D eigenvalue weighted by Gasteiger charge is 2.19. The van der Waals surface area contributed by atoms with Crippen LogP contribution in [0.3, 0.4) is 0 Å². The van der Waals surface area contributed by atoms with E-state index < -0.39 is 0 Å². The zero-order valence-electron chi connectivity index (χ0n) is 24.0. The molecule has 1 aliphatic rings. The average Bonchev–Trinajstić information content (AvgIpc) is 3.41. The monoisotopic (exact) mass is 500 g/mol. The molecule has 1 aromatic heterocycles. The summed E-state index contributed by atoms with van der Waals surface area (Å²) in [5, 5.41) is 9.08. The maximum atomic E-state index is 6.48. The summed E-state index contributed by atoms with van der Waals surface area (Å²) < 4.78 is 6.48. The van der Waals surface area contributed by atoms with Gasteiger partial charge in [-0.3, -0.25) is 0 Å². The van der Waals surface area contributed by atoms with Gasteiger partial charge in [0.05, 0.1) is 0 Å². The van der Waals surface area contributed by atoms with Gasteiger partial charge < -0.3 is 4.42 Å². The largest absolute Gasteiger partial charge is 0.460 e. The molecule has 5 aromatic carbocycles. The molecular weight excluding hydrogens is 460 g/mol. The highest BCUT2D eigenvalue weighted by Crippen LogP contribution is 2.41. The average molecular weight is 501 g/mol. The van der Waals surface area contributed by atoms with Crippen molar-refractivity contribution >= 4 is 49.4 Å². The second kappa shape index (κ2) is 12.1. The van der Waals surface area contributed by atoms with Gasteiger partial charge in [-0.05, 0) is 62.9 Å². The van der Waals surface area contributed by atoms with Crippen LogP contribution in [0.4, 0.5) is 0 Å². The summed E-state index contributed by atoms with van der Waals surface area (Å²) in [7, 11) is 0. The Morgan fingerprint density at radius 1 is 0.605 bits per heavy atom. The van der Waals surface area contributed by atoms with Crippen molar-refractivity contribution in [2.24, 2.45) is 0 Å². The Balaban J connectivity index is 0.000000526. The number of benzene rings is 5. The summed E-state index contributed by atoms with van der Waals surface area (Å²) in [6.45, 7) is 14.2. The summed E-state index contributed by atoms with van der Waals surface area (Å²) in [4.78, 5) is 0. The van der Waals surface area contributed by atoms with E-state index in [9.17, 15) is 0 Å². The minimum Gasteiger partial charge on any atom is -0.460 e. The van der Waals surface area contributed by atoms with Gasteiger partial charge in [0.2, 0.25) is 0 Å². The van der Waals surface area contributed by atoms with Gasteiger partial charge in [0.25, 0.3) is 0 Å². The zero-order chi connectivity index (χ0) is 27.2. The first-order valence-electron chi connectivity index (χ1n) is 14.3. The van der Waals surface area contributed by atoms with E-state index in [-0.39, 0.29) is 0 Å². The van der Waals surface area contributed by atoms with Gasteiger partial charge in [-0.15, -0.1) is 0 Å². The van der Waals surface area contributed by atoms with Gasteiger partial charge in [0.1, 0.15) is 11.3 Å². The zero-order valence-corrected chi connectivity index (χ0v) is 24.0. The Bertz CT molecular complexity index is 1690. The molecule has 0 saturated carbocycles. The molecule has 0 amide bonds. The predicted molar refractivity (Wildman–Crippen MR) is 170 cm³/mol. The van der Waals surface area contributed by atoms with Crippen LogP contribution in [0.2, 0.25) is 0 Å². The molecule has 1 heterocycles. The molecule has 0 aliphatic heterocycles. The highest BCUT2D eigenvalue weighted by molar-refractivity contribution is 6.25. The molecule has 6 aromatic rings. The van der Waals surface area contributed by atoms with E-state index in [2.05, 4.69) is 97.9 Å². The Kier molecular flexibility index (Phi) is 8.69. The van der Waals surface area contributed by atoms with E-state index in [1.807, 2.05) is 41.5 Å². The first-order valence-corrected chi connectivity index (χ1v) is 14.3. The molecule has 0 atom stereocenters. The van der Waals surface area contributed by atoms with Gasteiger partial charge >= 0.3 is 0 Å². The van der Waals surface area contributed by atoms with Crippen molar-refractivity contribution in [2.75, 3.05) is 0 Å². The summed E-state index contributed by atoms with van der Waals surface area (Å²) in [6, 6.07) is 28.8. The maximum Gasteiger partial charge on any atom is 0.142 e. The molecule has 0 radical (unpaired) electrons. The third-order valence-corrected chi connectivity index (χ3v) is 7.04. The number of hydrogen-bond acceptors (Lipinski definition) is 1. The fraction of sp³-hybridized carbons (Fsp3) is 0.243. The third kappa shape index (κ3) is 4.52. The summed E-state index contributed by atoms with van der Waals surface area (Å²) >= 11 is 0. The lowest BCUT2D eigenvalue weighted by Gasteiger charge is -2.12. The van der Waals surface area contributed by atoms with Gasteiger partial charge in [0, 0.05) is 22.9 Å². The Labute approximate surface area is 227 Å². The van der Waals surface area contributed by atoms with Gasteiger partial charge in [0.15, 0.2) is 0 Å². The van der Waals surface area contributed by atoms with Crippen LogP contribution in [0, 0.1) is 6.92 Å². The van der Waals surface area contributed by atoms with Crippen LogP contribution in [-0.2, 0) is 6.42 Å². The predicted octanol–water partition coefficient (Wildman–Crippen LogP) is 11.9. The first kappa shape index (κ1) is 27.2. The SMILES string of the molecule is CC.CC.CC.Cc1ccc(-c2ccc3c4ccccc4c4ccccc4c3c2)c2oc3c(c12)C=CCC3. The molecule has 0 bridgehead atoms. The number of allylic oxidation sites excluding steroid dienone is 1. The van der Waals surface area contributed by atoms with Crippen molar-refractivity contribution in [3.63, 3.8) is 0 Å². The second-order valence-corrected chi connectivity index (χ2v) is 8.87. The number of rotatable bonds is 1. The van der Waals surface area contributed by atoms with Crippen molar-refractivity contribution in [2.45, 2.75) is 61.3 Å². The van der Waals surface area contributed by atoms with E-state index in [1.54, 1.807) is 0 Å². The maximum absolute atomic E-state index is 6.48. The fourth-order valence-corrected chi connectivity index (χ4v) is 5.52. The molecule has 0 N–H and O–H groups in total. The Hall–Kier alpha value is -3.84. The number of hydrogen-bond donors (Lipinski definition) is 0. The van der Waals surface area contributed by atoms with E-state index in [1.165, 1.54) is 60.0 Å². The smallest absolute Gasteiger partial charge is 0.142 e. The van der Waals surface area contributed by atoms with Gasteiger partial charge in [-0.2, -0.15) is 0 Å². The first-order chi connectivity index (χ1) is 18.8. The van der Waals surface area contributed by atoms with E-state index in [4.69, 9.17) is 4.42 Å².